The van der Waals surface area contributed by atoms with Crippen molar-refractivity contribution < 1.29 is 9.59 Å². The lowest BCUT2D eigenvalue weighted by molar-refractivity contribution is -0.114. The molecule has 1 aromatic rings. The maximum absolute atomic E-state index is 11.5. The standard InChI is InChI=1S/C19H19NO2/c1-2-3-4-16(13-21)19-11-14(12-20)5-10-18(19)15-6-8-17(22)9-7-15/h5-8,10-11,13,16H,2-4,9H2,1H3. The second kappa shape index (κ2) is 7.51. The van der Waals surface area contributed by atoms with Gasteiger partial charge in [-0.05, 0) is 41.3 Å². The molecule has 1 atom stereocenters. The molecule has 112 valence electrons. The van der Waals surface area contributed by atoms with Crippen LogP contribution in [0.1, 0.15) is 55.2 Å². The Labute approximate surface area is 131 Å². The minimum Gasteiger partial charge on any atom is -0.303 e. The number of allylic oxidation sites excluding steroid dienone is 4. The molecule has 0 aliphatic heterocycles. The summed E-state index contributed by atoms with van der Waals surface area (Å²) >= 11 is 0. The summed E-state index contributed by atoms with van der Waals surface area (Å²) in [6.45, 7) is 2.09. The number of unbranched alkanes of at least 4 members (excludes halogenated alkanes) is 1. The average molecular weight is 293 g/mol. The van der Waals surface area contributed by atoms with E-state index >= 15 is 0 Å². The Bertz CT molecular complexity index is 677. The zero-order valence-electron chi connectivity index (χ0n) is 12.7. The minimum atomic E-state index is -0.213. The number of nitriles is 1. The first-order chi connectivity index (χ1) is 10.7. The molecule has 3 nitrogen and oxygen atoms in total. The fourth-order valence-electron chi connectivity index (χ4n) is 2.65. The van der Waals surface area contributed by atoms with Crippen LogP contribution in [-0.2, 0) is 9.59 Å². The molecule has 0 bridgehead atoms. The molecule has 0 spiro atoms. The van der Waals surface area contributed by atoms with Crippen LogP contribution in [0.3, 0.4) is 0 Å². The van der Waals surface area contributed by atoms with E-state index < -0.39 is 0 Å². The van der Waals surface area contributed by atoms with Crippen LogP contribution in [0.2, 0.25) is 0 Å². The van der Waals surface area contributed by atoms with Gasteiger partial charge in [-0.25, -0.2) is 0 Å². The van der Waals surface area contributed by atoms with Crippen LogP contribution in [0, 0.1) is 11.3 Å². The van der Waals surface area contributed by atoms with E-state index in [0.717, 1.165) is 42.2 Å². The number of rotatable bonds is 6. The zero-order valence-corrected chi connectivity index (χ0v) is 12.7. The third kappa shape index (κ3) is 3.59. The Morgan fingerprint density at radius 1 is 1.36 bits per heavy atom. The molecular formula is C19H19NO2. The van der Waals surface area contributed by atoms with Gasteiger partial charge in [-0.3, -0.25) is 4.79 Å². The second-order valence-corrected chi connectivity index (χ2v) is 5.46. The van der Waals surface area contributed by atoms with Crippen molar-refractivity contribution in [2.75, 3.05) is 0 Å². The molecule has 1 aromatic carbocycles. The van der Waals surface area contributed by atoms with Crippen LogP contribution in [0.5, 0.6) is 0 Å². The number of benzene rings is 1. The Balaban J connectivity index is 2.45. The molecule has 0 aromatic heterocycles. The molecule has 0 amide bonds. The van der Waals surface area contributed by atoms with Gasteiger partial charge in [0.05, 0.1) is 11.6 Å². The van der Waals surface area contributed by atoms with E-state index in [2.05, 4.69) is 13.0 Å². The molecule has 1 aliphatic carbocycles. The monoisotopic (exact) mass is 293 g/mol. The van der Waals surface area contributed by atoms with E-state index in [0.29, 0.717) is 12.0 Å². The van der Waals surface area contributed by atoms with Crippen molar-refractivity contribution in [2.24, 2.45) is 0 Å². The largest absolute Gasteiger partial charge is 0.303 e. The molecule has 3 heteroatoms. The van der Waals surface area contributed by atoms with E-state index in [1.54, 1.807) is 24.3 Å². The van der Waals surface area contributed by atoms with E-state index in [1.807, 2.05) is 12.1 Å². The van der Waals surface area contributed by atoms with Crippen molar-refractivity contribution in [2.45, 2.75) is 38.5 Å². The molecule has 0 N–H and O–H groups in total. The predicted octanol–water partition coefficient (Wildman–Crippen LogP) is 3.94. The molecule has 0 saturated heterocycles. The first-order valence-electron chi connectivity index (χ1n) is 7.60. The minimum absolute atomic E-state index is 0.0804. The normalized spacial score (nSPS) is 15.1. The summed E-state index contributed by atoms with van der Waals surface area (Å²) in [4.78, 5) is 22.8. The summed E-state index contributed by atoms with van der Waals surface area (Å²) in [5, 5.41) is 9.12. The van der Waals surface area contributed by atoms with Crippen LogP contribution in [0.25, 0.3) is 5.57 Å². The molecule has 22 heavy (non-hydrogen) atoms. The Hall–Kier alpha value is -2.47. The van der Waals surface area contributed by atoms with E-state index in [9.17, 15) is 9.59 Å². The third-order valence-electron chi connectivity index (χ3n) is 3.90. The SMILES string of the molecule is CCCCC(C=O)c1cc(C#N)ccc1C1=CCC(=O)C=C1. The van der Waals surface area contributed by atoms with Gasteiger partial charge in [-0.15, -0.1) is 0 Å². The van der Waals surface area contributed by atoms with Crippen molar-refractivity contribution in [1.29, 1.82) is 5.26 Å². The maximum atomic E-state index is 11.5. The van der Waals surface area contributed by atoms with Gasteiger partial charge in [0.25, 0.3) is 0 Å². The summed E-state index contributed by atoms with van der Waals surface area (Å²) in [5.74, 6) is -0.132. The number of hydrogen-bond donors (Lipinski definition) is 0. The number of ketones is 1. The molecule has 0 heterocycles. The number of hydrogen-bond acceptors (Lipinski definition) is 3. The van der Waals surface area contributed by atoms with Gasteiger partial charge in [0.2, 0.25) is 0 Å². The van der Waals surface area contributed by atoms with Gasteiger partial charge in [-0.1, -0.05) is 38.0 Å². The first-order valence-corrected chi connectivity index (χ1v) is 7.60. The van der Waals surface area contributed by atoms with Gasteiger partial charge >= 0.3 is 0 Å². The number of carbonyl (C=O) groups is 2. The highest BCUT2D eigenvalue weighted by Gasteiger charge is 2.18. The summed E-state index contributed by atoms with van der Waals surface area (Å²) in [6.07, 6.45) is 9.35. The molecule has 2 rings (SSSR count). The van der Waals surface area contributed by atoms with E-state index in [1.165, 1.54) is 0 Å². The lowest BCUT2D eigenvalue weighted by atomic mass is 9.85. The molecule has 0 saturated carbocycles. The molecular weight excluding hydrogens is 274 g/mol. The highest BCUT2D eigenvalue weighted by Crippen LogP contribution is 2.31. The summed E-state index contributed by atoms with van der Waals surface area (Å²) in [6, 6.07) is 7.57. The Kier molecular flexibility index (Phi) is 5.43. The summed E-state index contributed by atoms with van der Waals surface area (Å²) in [5.41, 5.74) is 3.32. The lowest BCUT2D eigenvalue weighted by Gasteiger charge is -2.17. The van der Waals surface area contributed by atoms with Gasteiger partial charge in [0.1, 0.15) is 6.29 Å². The van der Waals surface area contributed by atoms with Crippen LogP contribution < -0.4 is 0 Å². The molecule has 0 fully saturated rings. The fraction of sp³-hybridized carbons (Fsp3) is 0.316. The van der Waals surface area contributed by atoms with Crippen molar-refractivity contribution in [3.63, 3.8) is 0 Å². The highest BCUT2D eigenvalue weighted by molar-refractivity contribution is 5.98. The third-order valence-corrected chi connectivity index (χ3v) is 3.90. The van der Waals surface area contributed by atoms with Crippen molar-refractivity contribution in [3.05, 3.63) is 53.1 Å². The summed E-state index contributed by atoms with van der Waals surface area (Å²) in [7, 11) is 0. The Morgan fingerprint density at radius 3 is 2.77 bits per heavy atom. The maximum Gasteiger partial charge on any atom is 0.159 e. The zero-order chi connectivity index (χ0) is 15.9. The van der Waals surface area contributed by atoms with Gasteiger partial charge in [0, 0.05) is 12.3 Å². The molecule has 1 aliphatic rings. The van der Waals surface area contributed by atoms with E-state index in [4.69, 9.17) is 5.26 Å². The molecule has 1 unspecified atom stereocenters. The number of carbonyl (C=O) groups excluding carboxylic acids is 2. The van der Waals surface area contributed by atoms with Crippen LogP contribution in [0.4, 0.5) is 0 Å². The quantitative estimate of drug-likeness (QED) is 0.746. The fourth-order valence-corrected chi connectivity index (χ4v) is 2.65. The predicted molar refractivity (Wildman–Crippen MR) is 86.2 cm³/mol. The number of aldehydes is 1. The average Bonchev–Trinajstić information content (AvgIpc) is 2.56. The van der Waals surface area contributed by atoms with Crippen molar-refractivity contribution in [1.82, 2.24) is 0 Å². The van der Waals surface area contributed by atoms with Crippen LogP contribution in [0.15, 0.2) is 36.4 Å². The van der Waals surface area contributed by atoms with Gasteiger partial charge in [-0.2, -0.15) is 5.26 Å². The lowest BCUT2D eigenvalue weighted by Crippen LogP contribution is -2.06. The van der Waals surface area contributed by atoms with Crippen LogP contribution in [-0.4, -0.2) is 12.1 Å². The van der Waals surface area contributed by atoms with E-state index in [-0.39, 0.29) is 11.7 Å². The van der Waals surface area contributed by atoms with Crippen LogP contribution >= 0.6 is 0 Å². The van der Waals surface area contributed by atoms with Crippen molar-refractivity contribution >= 4 is 17.6 Å². The topological polar surface area (TPSA) is 57.9 Å². The van der Waals surface area contributed by atoms with Gasteiger partial charge < -0.3 is 4.79 Å². The second-order valence-electron chi connectivity index (χ2n) is 5.46. The smallest absolute Gasteiger partial charge is 0.159 e. The Morgan fingerprint density at radius 2 is 2.18 bits per heavy atom. The van der Waals surface area contributed by atoms with Gasteiger partial charge in [0.15, 0.2) is 5.78 Å². The van der Waals surface area contributed by atoms with Crippen molar-refractivity contribution in [3.8, 4) is 6.07 Å². The summed E-state index contributed by atoms with van der Waals surface area (Å²) < 4.78 is 0. The first kappa shape index (κ1) is 15.9. The number of nitrogens with zero attached hydrogens (tertiary/aromatic N) is 1. The molecule has 0 radical (unpaired) electrons. The highest BCUT2D eigenvalue weighted by atomic mass is 16.1.